The number of benzene rings is 2. The molecule has 0 bridgehead atoms. The molecule has 1 N–H and O–H groups in total. The first-order chi connectivity index (χ1) is 13.4. The molecule has 0 atom stereocenters. The summed E-state index contributed by atoms with van der Waals surface area (Å²) in [5.41, 5.74) is 2.25. The minimum absolute atomic E-state index is 0.348. The van der Waals surface area contributed by atoms with Crippen molar-refractivity contribution >= 4 is 23.6 Å². The van der Waals surface area contributed by atoms with E-state index in [0.29, 0.717) is 39.6 Å². The Balaban J connectivity index is 2.22. The number of hydrogen-bond acceptors (Lipinski definition) is 6. The standard InChI is InChI=1S/C21H23NO6/c1-13-15(21(24)28-5)7-6-8-16(13)22-19(23)10-9-14-11-17(25-2)20(27-4)18(12-14)26-3/h6-12H,1-5H3,(H,22,23)/b10-9+. The van der Waals surface area contributed by atoms with Gasteiger partial charge in [-0.15, -0.1) is 0 Å². The number of esters is 1. The number of hydrogen-bond donors (Lipinski definition) is 1. The zero-order chi connectivity index (χ0) is 20.7. The molecule has 7 heteroatoms. The Hall–Kier alpha value is -3.48. The Morgan fingerprint density at radius 2 is 1.61 bits per heavy atom. The van der Waals surface area contributed by atoms with Gasteiger partial charge < -0.3 is 24.3 Å². The number of rotatable bonds is 7. The molecule has 0 aliphatic carbocycles. The Morgan fingerprint density at radius 3 is 2.14 bits per heavy atom. The molecule has 2 rings (SSSR count). The van der Waals surface area contributed by atoms with Crippen LogP contribution in [0.3, 0.4) is 0 Å². The summed E-state index contributed by atoms with van der Waals surface area (Å²) in [4.78, 5) is 24.1. The van der Waals surface area contributed by atoms with Gasteiger partial charge in [-0.05, 0) is 48.4 Å². The molecular formula is C21H23NO6. The third-order valence-corrected chi connectivity index (χ3v) is 4.11. The first kappa shape index (κ1) is 20.8. The number of carbonyl (C=O) groups excluding carboxylic acids is 2. The summed E-state index contributed by atoms with van der Waals surface area (Å²) >= 11 is 0. The number of anilines is 1. The lowest BCUT2D eigenvalue weighted by molar-refractivity contribution is -0.111. The summed E-state index contributed by atoms with van der Waals surface area (Å²) in [7, 11) is 5.88. The largest absolute Gasteiger partial charge is 0.493 e. The van der Waals surface area contributed by atoms with Crippen LogP contribution in [0.25, 0.3) is 6.08 Å². The van der Waals surface area contributed by atoms with Crippen molar-refractivity contribution in [2.75, 3.05) is 33.8 Å². The Bertz CT molecular complexity index is 879. The second-order valence-corrected chi connectivity index (χ2v) is 5.75. The lowest BCUT2D eigenvalue weighted by atomic mass is 10.1. The SMILES string of the molecule is COC(=O)c1cccc(NC(=O)/C=C/c2cc(OC)c(OC)c(OC)c2)c1C. The summed E-state index contributed by atoms with van der Waals surface area (Å²) in [5, 5.41) is 2.76. The Kier molecular flexibility index (Phi) is 7.03. The average molecular weight is 385 g/mol. The fraction of sp³-hybridized carbons (Fsp3) is 0.238. The first-order valence-corrected chi connectivity index (χ1v) is 8.42. The molecule has 28 heavy (non-hydrogen) atoms. The summed E-state index contributed by atoms with van der Waals surface area (Å²) in [5.74, 6) is 0.648. The molecule has 2 aromatic carbocycles. The molecule has 0 saturated heterocycles. The maximum atomic E-state index is 12.3. The van der Waals surface area contributed by atoms with Crippen LogP contribution in [0.5, 0.6) is 17.2 Å². The highest BCUT2D eigenvalue weighted by Gasteiger charge is 2.14. The van der Waals surface area contributed by atoms with E-state index in [4.69, 9.17) is 18.9 Å². The highest BCUT2D eigenvalue weighted by atomic mass is 16.5. The molecule has 2 aromatic rings. The van der Waals surface area contributed by atoms with E-state index < -0.39 is 5.97 Å². The maximum Gasteiger partial charge on any atom is 0.338 e. The van der Waals surface area contributed by atoms with Gasteiger partial charge in [0.05, 0.1) is 34.0 Å². The molecule has 0 aromatic heterocycles. The van der Waals surface area contributed by atoms with Crippen molar-refractivity contribution in [2.45, 2.75) is 6.92 Å². The van der Waals surface area contributed by atoms with Crippen LogP contribution in [0.1, 0.15) is 21.5 Å². The fourth-order valence-electron chi connectivity index (χ4n) is 2.65. The lowest BCUT2D eigenvalue weighted by Gasteiger charge is -2.13. The number of nitrogens with one attached hydrogen (secondary N) is 1. The molecule has 0 aliphatic rings. The van der Waals surface area contributed by atoms with Crippen LogP contribution in [-0.4, -0.2) is 40.3 Å². The normalized spacial score (nSPS) is 10.5. The third kappa shape index (κ3) is 4.62. The van der Waals surface area contributed by atoms with Gasteiger partial charge in [0.2, 0.25) is 11.7 Å². The number of carbonyl (C=O) groups is 2. The predicted molar refractivity (Wildman–Crippen MR) is 106 cm³/mol. The topological polar surface area (TPSA) is 83.1 Å². The van der Waals surface area contributed by atoms with Crippen LogP contribution in [-0.2, 0) is 9.53 Å². The van der Waals surface area contributed by atoms with Crippen LogP contribution in [0.2, 0.25) is 0 Å². The van der Waals surface area contributed by atoms with E-state index in [0.717, 1.165) is 0 Å². The minimum atomic E-state index is -0.457. The van der Waals surface area contributed by atoms with Crippen LogP contribution in [0.4, 0.5) is 5.69 Å². The van der Waals surface area contributed by atoms with Crippen LogP contribution < -0.4 is 19.5 Å². The van der Waals surface area contributed by atoms with Crippen molar-refractivity contribution in [2.24, 2.45) is 0 Å². The van der Waals surface area contributed by atoms with E-state index in [1.165, 1.54) is 34.5 Å². The predicted octanol–water partition coefficient (Wildman–Crippen LogP) is 3.46. The van der Waals surface area contributed by atoms with Gasteiger partial charge in [-0.1, -0.05) is 6.07 Å². The van der Waals surface area contributed by atoms with Gasteiger partial charge in [-0.25, -0.2) is 4.79 Å². The molecule has 0 radical (unpaired) electrons. The lowest BCUT2D eigenvalue weighted by Crippen LogP contribution is -2.11. The van der Waals surface area contributed by atoms with Crippen LogP contribution in [0, 0.1) is 6.92 Å². The number of amides is 1. The average Bonchev–Trinajstić information content (AvgIpc) is 2.72. The fourth-order valence-corrected chi connectivity index (χ4v) is 2.65. The van der Waals surface area contributed by atoms with Gasteiger partial charge in [0, 0.05) is 11.8 Å². The van der Waals surface area contributed by atoms with Gasteiger partial charge in [0.1, 0.15) is 0 Å². The number of methoxy groups -OCH3 is 4. The quantitative estimate of drug-likeness (QED) is 0.581. The smallest absolute Gasteiger partial charge is 0.338 e. The molecule has 0 spiro atoms. The van der Waals surface area contributed by atoms with Crippen molar-refractivity contribution in [3.05, 3.63) is 53.1 Å². The molecule has 0 heterocycles. The van der Waals surface area contributed by atoms with Gasteiger partial charge in [-0.3, -0.25) is 4.79 Å². The van der Waals surface area contributed by atoms with E-state index in [9.17, 15) is 9.59 Å². The summed E-state index contributed by atoms with van der Waals surface area (Å²) in [6.07, 6.45) is 3.00. The van der Waals surface area contributed by atoms with Crippen molar-refractivity contribution in [1.29, 1.82) is 0 Å². The summed E-state index contributed by atoms with van der Waals surface area (Å²) in [6.45, 7) is 1.74. The van der Waals surface area contributed by atoms with Crippen molar-refractivity contribution < 1.29 is 28.5 Å². The second-order valence-electron chi connectivity index (χ2n) is 5.75. The highest BCUT2D eigenvalue weighted by Crippen LogP contribution is 2.38. The zero-order valence-electron chi connectivity index (χ0n) is 16.5. The highest BCUT2D eigenvalue weighted by molar-refractivity contribution is 6.03. The van der Waals surface area contributed by atoms with E-state index in [-0.39, 0.29) is 5.91 Å². The van der Waals surface area contributed by atoms with Gasteiger partial charge in [-0.2, -0.15) is 0 Å². The number of ether oxygens (including phenoxy) is 4. The van der Waals surface area contributed by atoms with Crippen LogP contribution >= 0.6 is 0 Å². The first-order valence-electron chi connectivity index (χ1n) is 8.42. The molecule has 0 saturated carbocycles. The Labute approximate surface area is 163 Å². The third-order valence-electron chi connectivity index (χ3n) is 4.11. The molecular weight excluding hydrogens is 362 g/mol. The maximum absolute atomic E-state index is 12.3. The van der Waals surface area contributed by atoms with Crippen molar-refractivity contribution in [3.63, 3.8) is 0 Å². The minimum Gasteiger partial charge on any atom is -0.493 e. The molecule has 1 amide bonds. The molecule has 148 valence electrons. The summed E-state index contributed by atoms with van der Waals surface area (Å²) in [6, 6.07) is 8.50. The molecule has 0 aliphatic heterocycles. The van der Waals surface area contributed by atoms with Crippen molar-refractivity contribution in [3.8, 4) is 17.2 Å². The van der Waals surface area contributed by atoms with E-state index in [1.807, 2.05) is 0 Å². The van der Waals surface area contributed by atoms with E-state index in [2.05, 4.69) is 5.32 Å². The van der Waals surface area contributed by atoms with Gasteiger partial charge in [0.15, 0.2) is 11.5 Å². The van der Waals surface area contributed by atoms with Gasteiger partial charge in [0.25, 0.3) is 0 Å². The second kappa shape index (κ2) is 9.45. The summed E-state index contributed by atoms with van der Waals surface area (Å²) < 4.78 is 20.6. The van der Waals surface area contributed by atoms with Gasteiger partial charge >= 0.3 is 5.97 Å². The van der Waals surface area contributed by atoms with Crippen LogP contribution in [0.15, 0.2) is 36.4 Å². The molecule has 0 unspecified atom stereocenters. The molecule has 0 fully saturated rings. The molecule has 7 nitrogen and oxygen atoms in total. The van der Waals surface area contributed by atoms with E-state index >= 15 is 0 Å². The van der Waals surface area contributed by atoms with Crippen molar-refractivity contribution in [1.82, 2.24) is 0 Å². The zero-order valence-corrected chi connectivity index (χ0v) is 16.5. The van der Waals surface area contributed by atoms with E-state index in [1.54, 1.807) is 43.3 Å². The Morgan fingerprint density at radius 1 is 0.964 bits per heavy atom. The monoisotopic (exact) mass is 385 g/mol.